The van der Waals surface area contributed by atoms with Crippen LogP contribution in [0.5, 0.6) is 17.2 Å². The van der Waals surface area contributed by atoms with Crippen molar-refractivity contribution in [2.45, 2.75) is 32.2 Å². The lowest BCUT2D eigenvalue weighted by Crippen LogP contribution is -2.30. The largest absolute Gasteiger partial charge is 0.493 e. The number of methoxy groups -OCH3 is 3. The van der Waals surface area contributed by atoms with Gasteiger partial charge in [-0.15, -0.1) is 0 Å². The maximum Gasteiger partial charge on any atom is 0.223 e. The first kappa shape index (κ1) is 20.3. The zero-order valence-corrected chi connectivity index (χ0v) is 17.8. The van der Waals surface area contributed by atoms with Crippen molar-refractivity contribution in [2.75, 3.05) is 21.3 Å². The molecule has 0 heterocycles. The van der Waals surface area contributed by atoms with E-state index in [0.29, 0.717) is 36.0 Å². The monoisotopic (exact) mass is 409 g/mol. The molecule has 0 aromatic heterocycles. The number of carbonyl (C=O) groups is 1. The van der Waals surface area contributed by atoms with Gasteiger partial charge in [-0.3, -0.25) is 9.59 Å². The van der Waals surface area contributed by atoms with Gasteiger partial charge in [0.25, 0.3) is 0 Å². The van der Waals surface area contributed by atoms with Gasteiger partial charge in [0.1, 0.15) is 0 Å². The maximum absolute atomic E-state index is 12.7. The topological polar surface area (TPSA) is 73.9 Å². The molecule has 0 saturated heterocycles. The van der Waals surface area contributed by atoms with Crippen molar-refractivity contribution in [1.82, 2.24) is 5.32 Å². The quantitative estimate of drug-likeness (QED) is 0.818. The molecule has 1 fully saturated rings. The maximum atomic E-state index is 12.7. The number of carbonyl (C=O) groups excluding carboxylic acids is 1. The van der Waals surface area contributed by atoms with Crippen LogP contribution in [0.4, 0.5) is 0 Å². The third kappa shape index (κ3) is 3.51. The van der Waals surface area contributed by atoms with E-state index in [1.165, 1.54) is 6.07 Å². The molecule has 2 aromatic rings. The van der Waals surface area contributed by atoms with E-state index in [-0.39, 0.29) is 23.3 Å². The molecular weight excluding hydrogens is 382 g/mol. The predicted octanol–water partition coefficient (Wildman–Crippen LogP) is 3.50. The summed E-state index contributed by atoms with van der Waals surface area (Å²) in [6.07, 6.45) is 2.29. The molecular formula is C24H27NO5. The average molecular weight is 409 g/mol. The molecule has 0 aliphatic heterocycles. The molecule has 4 rings (SSSR count). The van der Waals surface area contributed by atoms with Crippen LogP contribution in [0.2, 0.25) is 0 Å². The number of rotatable bonds is 5. The second-order valence-corrected chi connectivity index (χ2v) is 8.04. The molecule has 0 spiro atoms. The molecule has 158 valence electrons. The Morgan fingerprint density at radius 1 is 1.07 bits per heavy atom. The highest BCUT2D eigenvalue weighted by molar-refractivity contribution is 5.85. The third-order valence-corrected chi connectivity index (χ3v) is 6.15. The Bertz CT molecular complexity index is 1050. The molecule has 2 aromatic carbocycles. The van der Waals surface area contributed by atoms with E-state index in [1.807, 2.05) is 12.1 Å². The molecule has 0 bridgehead atoms. The van der Waals surface area contributed by atoms with Crippen LogP contribution < -0.4 is 25.0 Å². The second-order valence-electron chi connectivity index (χ2n) is 8.04. The van der Waals surface area contributed by atoms with Crippen LogP contribution in [0.1, 0.15) is 36.9 Å². The summed E-state index contributed by atoms with van der Waals surface area (Å²) in [5.41, 5.74) is 3.46. The molecule has 30 heavy (non-hydrogen) atoms. The summed E-state index contributed by atoms with van der Waals surface area (Å²) in [6, 6.07) is 8.52. The lowest BCUT2D eigenvalue weighted by atomic mass is 9.95. The molecule has 3 atom stereocenters. The Labute approximate surface area is 176 Å². The number of aryl methyl sites for hydroxylation is 1. The summed E-state index contributed by atoms with van der Waals surface area (Å²) in [6.45, 7) is 2.08. The molecule has 1 N–H and O–H groups in total. The standard InChI is InChI=1S/C24H27NO5/c1-13-10-17(13)24(27)25-19-9-8-14-11-20(28-2)22(29-3)23(30-4)21(14)16-7-5-6-15(26)12-18(16)19/h5-7,11-13,17,19H,8-10H2,1-4H3,(H,25,27)/t13?,17?,19-/m0/s1. The van der Waals surface area contributed by atoms with Gasteiger partial charge in [-0.2, -0.15) is 0 Å². The predicted molar refractivity (Wildman–Crippen MR) is 114 cm³/mol. The number of ether oxygens (including phenoxy) is 3. The fourth-order valence-electron chi connectivity index (χ4n) is 4.40. The smallest absolute Gasteiger partial charge is 0.223 e. The average Bonchev–Trinajstić information content (AvgIpc) is 3.52. The zero-order chi connectivity index (χ0) is 21.4. The van der Waals surface area contributed by atoms with Crippen LogP contribution in [0.15, 0.2) is 35.1 Å². The summed E-state index contributed by atoms with van der Waals surface area (Å²) in [5.74, 6) is 2.21. The summed E-state index contributed by atoms with van der Waals surface area (Å²) in [4.78, 5) is 25.1. The number of hydrogen-bond acceptors (Lipinski definition) is 5. The Morgan fingerprint density at radius 3 is 2.43 bits per heavy atom. The van der Waals surface area contributed by atoms with Crippen LogP contribution in [0, 0.1) is 11.8 Å². The Morgan fingerprint density at radius 2 is 1.80 bits per heavy atom. The van der Waals surface area contributed by atoms with Gasteiger partial charge >= 0.3 is 0 Å². The SMILES string of the molecule is COc1cc2c(c(OC)c1OC)-c1cccc(=O)cc1[C@@H](NC(=O)C1CC1C)CC2. The van der Waals surface area contributed by atoms with Crippen LogP contribution in [-0.2, 0) is 11.2 Å². The van der Waals surface area contributed by atoms with Crippen molar-refractivity contribution in [2.24, 2.45) is 11.8 Å². The van der Waals surface area contributed by atoms with Crippen LogP contribution in [-0.4, -0.2) is 27.2 Å². The Balaban J connectivity index is 1.91. The van der Waals surface area contributed by atoms with Gasteiger partial charge in [0.05, 0.1) is 27.4 Å². The van der Waals surface area contributed by atoms with Gasteiger partial charge in [-0.25, -0.2) is 0 Å². The summed E-state index contributed by atoms with van der Waals surface area (Å²) in [7, 11) is 4.76. The summed E-state index contributed by atoms with van der Waals surface area (Å²) < 4.78 is 16.9. The molecule has 2 aliphatic rings. The van der Waals surface area contributed by atoms with Crippen molar-refractivity contribution < 1.29 is 19.0 Å². The van der Waals surface area contributed by atoms with Gasteiger partial charge in [0.2, 0.25) is 11.7 Å². The minimum Gasteiger partial charge on any atom is -0.493 e. The lowest BCUT2D eigenvalue weighted by molar-refractivity contribution is -0.123. The molecule has 6 heteroatoms. The van der Waals surface area contributed by atoms with E-state index in [9.17, 15) is 9.59 Å². The number of nitrogens with one attached hydrogen (secondary N) is 1. The molecule has 2 unspecified atom stereocenters. The summed E-state index contributed by atoms with van der Waals surface area (Å²) in [5, 5.41) is 3.20. The van der Waals surface area contributed by atoms with Crippen molar-refractivity contribution in [3.05, 3.63) is 51.7 Å². The molecule has 2 aliphatic carbocycles. The highest BCUT2D eigenvalue weighted by Gasteiger charge is 2.40. The van der Waals surface area contributed by atoms with E-state index < -0.39 is 0 Å². The Hall–Kier alpha value is -3.02. The number of amides is 1. The lowest BCUT2D eigenvalue weighted by Gasteiger charge is -2.20. The normalized spacial score (nSPS) is 21.5. The first-order chi connectivity index (χ1) is 14.5. The fraction of sp³-hybridized carbons (Fsp3) is 0.417. The molecule has 0 radical (unpaired) electrons. The van der Waals surface area contributed by atoms with Crippen LogP contribution in [0.3, 0.4) is 0 Å². The summed E-state index contributed by atoms with van der Waals surface area (Å²) >= 11 is 0. The van der Waals surface area contributed by atoms with Gasteiger partial charge in [0.15, 0.2) is 16.9 Å². The van der Waals surface area contributed by atoms with E-state index in [4.69, 9.17) is 14.2 Å². The fourth-order valence-corrected chi connectivity index (χ4v) is 4.40. The van der Waals surface area contributed by atoms with Crippen molar-refractivity contribution in [3.8, 4) is 28.4 Å². The number of hydrogen-bond donors (Lipinski definition) is 1. The van der Waals surface area contributed by atoms with Crippen LogP contribution >= 0.6 is 0 Å². The second kappa shape index (κ2) is 8.01. The van der Waals surface area contributed by atoms with Gasteiger partial charge < -0.3 is 19.5 Å². The van der Waals surface area contributed by atoms with Crippen LogP contribution in [0.25, 0.3) is 11.1 Å². The van der Waals surface area contributed by atoms with Gasteiger partial charge in [-0.1, -0.05) is 19.1 Å². The van der Waals surface area contributed by atoms with Crippen molar-refractivity contribution >= 4 is 5.91 Å². The van der Waals surface area contributed by atoms with E-state index in [0.717, 1.165) is 28.7 Å². The molecule has 1 amide bonds. The zero-order valence-electron chi connectivity index (χ0n) is 17.8. The number of fused-ring (bicyclic) bond motifs is 3. The number of benzene rings is 1. The minimum absolute atomic E-state index is 0.0606. The first-order valence-corrected chi connectivity index (χ1v) is 10.2. The highest BCUT2D eigenvalue weighted by atomic mass is 16.5. The third-order valence-electron chi connectivity index (χ3n) is 6.15. The van der Waals surface area contributed by atoms with E-state index in [1.54, 1.807) is 33.5 Å². The van der Waals surface area contributed by atoms with Crippen molar-refractivity contribution in [3.63, 3.8) is 0 Å². The minimum atomic E-state index is -0.255. The van der Waals surface area contributed by atoms with E-state index >= 15 is 0 Å². The highest BCUT2D eigenvalue weighted by Crippen LogP contribution is 2.50. The molecule has 6 nitrogen and oxygen atoms in total. The first-order valence-electron chi connectivity index (χ1n) is 10.2. The molecule has 1 saturated carbocycles. The van der Waals surface area contributed by atoms with Gasteiger partial charge in [0, 0.05) is 11.5 Å². The van der Waals surface area contributed by atoms with E-state index in [2.05, 4.69) is 12.2 Å². The van der Waals surface area contributed by atoms with Crippen molar-refractivity contribution in [1.29, 1.82) is 0 Å². The Kier molecular flexibility index (Phi) is 5.41. The van der Waals surface area contributed by atoms with Gasteiger partial charge in [-0.05, 0) is 60.1 Å².